The van der Waals surface area contributed by atoms with Gasteiger partial charge in [0.25, 0.3) is 5.91 Å². The number of rotatable bonds is 4. The molecule has 1 saturated heterocycles. The summed E-state index contributed by atoms with van der Waals surface area (Å²) in [7, 11) is 0. The van der Waals surface area contributed by atoms with Crippen molar-refractivity contribution in [1.82, 2.24) is 20.1 Å². The van der Waals surface area contributed by atoms with Gasteiger partial charge in [0.1, 0.15) is 5.82 Å². The van der Waals surface area contributed by atoms with Crippen molar-refractivity contribution in [2.45, 2.75) is 17.4 Å². The Bertz CT molecular complexity index is 876. The minimum absolute atomic E-state index is 0.104. The van der Waals surface area contributed by atoms with Gasteiger partial charge in [-0.1, -0.05) is 4.52 Å². The second-order valence-corrected chi connectivity index (χ2v) is 7.01. The molecule has 9 heteroatoms. The van der Waals surface area contributed by atoms with E-state index in [9.17, 15) is 4.79 Å². The number of nitrogens with one attached hydrogen (secondary N) is 4. The Morgan fingerprint density at radius 3 is 3.12 bits per heavy atom. The van der Waals surface area contributed by atoms with Crippen LogP contribution in [0.4, 0.5) is 11.5 Å². The van der Waals surface area contributed by atoms with Gasteiger partial charge in [-0.3, -0.25) is 15.6 Å². The summed E-state index contributed by atoms with van der Waals surface area (Å²) in [6, 6.07) is 11.1. The van der Waals surface area contributed by atoms with Crippen LogP contribution in [0.2, 0.25) is 0 Å². The van der Waals surface area contributed by atoms with Crippen LogP contribution >= 0.6 is 11.9 Å². The number of hydrogen-bond acceptors (Lipinski definition) is 8. The first-order valence-corrected chi connectivity index (χ1v) is 9.02. The van der Waals surface area contributed by atoms with Crippen molar-refractivity contribution >= 4 is 29.4 Å². The average molecular weight is 367 g/mol. The summed E-state index contributed by atoms with van der Waals surface area (Å²) >= 11 is 1.41. The molecule has 4 N–H and O–H groups in total. The number of pyridine rings is 1. The predicted molar refractivity (Wildman–Crippen MR) is 99.1 cm³/mol. The molecule has 2 aromatic rings. The Labute approximate surface area is 155 Å². The zero-order valence-electron chi connectivity index (χ0n) is 13.8. The molecule has 26 heavy (non-hydrogen) atoms. The zero-order chi connectivity index (χ0) is 17.9. The number of fused-ring (bicyclic) bond motifs is 1. The minimum atomic E-state index is -0.104. The molecule has 1 unspecified atom stereocenters. The molecule has 0 spiro atoms. The van der Waals surface area contributed by atoms with Crippen LogP contribution in [0.3, 0.4) is 0 Å². The molecule has 2 aliphatic rings. The van der Waals surface area contributed by atoms with Gasteiger partial charge in [-0.2, -0.15) is 5.26 Å². The molecule has 8 nitrogen and oxygen atoms in total. The number of aromatic nitrogens is 1. The number of hydrogen-bond donors (Lipinski definition) is 4. The number of hydrazine groups is 2. The number of amides is 1. The molecule has 4 rings (SSSR count). The maximum atomic E-state index is 12.4. The van der Waals surface area contributed by atoms with Crippen LogP contribution in [0.25, 0.3) is 0 Å². The van der Waals surface area contributed by atoms with E-state index >= 15 is 0 Å². The number of nitrogens with zero attached hydrogens (tertiary/aromatic N) is 3. The van der Waals surface area contributed by atoms with E-state index in [1.807, 2.05) is 12.1 Å². The highest BCUT2D eigenvalue weighted by atomic mass is 32.2. The average Bonchev–Trinajstić information content (AvgIpc) is 3.30. The molecule has 1 fully saturated rings. The molecule has 0 aliphatic carbocycles. The lowest BCUT2D eigenvalue weighted by Crippen LogP contribution is -2.36. The molecule has 0 bridgehead atoms. The van der Waals surface area contributed by atoms with Gasteiger partial charge in [-0.05, 0) is 43.3 Å². The van der Waals surface area contributed by atoms with Crippen molar-refractivity contribution in [2.24, 2.45) is 0 Å². The fourth-order valence-electron chi connectivity index (χ4n) is 2.82. The molecule has 1 atom stereocenters. The van der Waals surface area contributed by atoms with Crippen molar-refractivity contribution in [3.8, 4) is 6.07 Å². The van der Waals surface area contributed by atoms with Gasteiger partial charge >= 0.3 is 0 Å². The third-order valence-electron chi connectivity index (χ3n) is 4.16. The van der Waals surface area contributed by atoms with E-state index in [2.05, 4.69) is 32.5 Å². The molecule has 132 valence electrons. The molecule has 1 amide bonds. The Kier molecular flexibility index (Phi) is 4.62. The summed E-state index contributed by atoms with van der Waals surface area (Å²) in [4.78, 5) is 17.6. The maximum absolute atomic E-state index is 12.4. The Hall–Kier alpha value is -2.80. The highest BCUT2D eigenvalue weighted by molar-refractivity contribution is 7.97. The Morgan fingerprint density at radius 2 is 2.31 bits per heavy atom. The van der Waals surface area contributed by atoms with Crippen LogP contribution in [0, 0.1) is 11.3 Å². The fraction of sp³-hybridized carbons (Fsp3) is 0.235. The Morgan fingerprint density at radius 1 is 1.38 bits per heavy atom. The third kappa shape index (κ3) is 3.57. The topological polar surface area (TPSA) is 105 Å². The van der Waals surface area contributed by atoms with Gasteiger partial charge in [-0.15, -0.1) is 0 Å². The fourth-order valence-corrected chi connectivity index (χ4v) is 3.70. The molecule has 0 saturated carbocycles. The van der Waals surface area contributed by atoms with Gasteiger partial charge in [0.2, 0.25) is 0 Å². The van der Waals surface area contributed by atoms with Gasteiger partial charge in [0.15, 0.2) is 0 Å². The number of benzene rings is 1. The van der Waals surface area contributed by atoms with Crippen LogP contribution in [0.1, 0.15) is 22.3 Å². The summed E-state index contributed by atoms with van der Waals surface area (Å²) in [6.45, 7) is 1.74. The van der Waals surface area contributed by atoms with E-state index in [0.717, 1.165) is 30.1 Å². The van der Waals surface area contributed by atoms with Gasteiger partial charge in [-0.25, -0.2) is 4.98 Å². The summed E-state index contributed by atoms with van der Waals surface area (Å²) in [5, 5.41) is 15.2. The van der Waals surface area contributed by atoms with Crippen LogP contribution in [0.15, 0.2) is 41.4 Å². The van der Waals surface area contributed by atoms with Crippen molar-refractivity contribution in [2.75, 3.05) is 23.9 Å². The van der Waals surface area contributed by atoms with Crippen LogP contribution in [-0.4, -0.2) is 34.5 Å². The molecule has 0 radical (unpaired) electrons. The lowest BCUT2D eigenvalue weighted by molar-refractivity contribution is 0.0940. The van der Waals surface area contributed by atoms with Gasteiger partial charge in [0, 0.05) is 36.3 Å². The summed E-state index contributed by atoms with van der Waals surface area (Å²) < 4.78 is 1.69. The Balaban J connectivity index is 1.41. The smallest absolute Gasteiger partial charge is 0.251 e. The third-order valence-corrected chi connectivity index (χ3v) is 5.06. The summed E-state index contributed by atoms with van der Waals surface area (Å²) in [5.74, 6) is 0.448. The summed E-state index contributed by atoms with van der Waals surface area (Å²) in [6.07, 6.45) is 2.55. The summed E-state index contributed by atoms with van der Waals surface area (Å²) in [5.41, 5.74) is 8.36. The largest absolute Gasteiger partial charge is 0.348 e. The first kappa shape index (κ1) is 16.7. The van der Waals surface area contributed by atoms with Crippen molar-refractivity contribution in [3.05, 3.63) is 47.7 Å². The van der Waals surface area contributed by atoms with Gasteiger partial charge in [0.05, 0.1) is 22.2 Å². The number of carbonyl (C=O) groups is 1. The highest BCUT2D eigenvalue weighted by Crippen LogP contribution is 2.37. The second kappa shape index (κ2) is 7.21. The van der Waals surface area contributed by atoms with Crippen molar-refractivity contribution < 1.29 is 4.79 Å². The van der Waals surface area contributed by atoms with E-state index in [1.54, 1.807) is 28.9 Å². The van der Waals surface area contributed by atoms with E-state index in [1.165, 1.54) is 11.9 Å². The molecule has 1 aromatic carbocycles. The van der Waals surface area contributed by atoms with Crippen molar-refractivity contribution in [3.63, 3.8) is 0 Å². The number of anilines is 2. The molecule has 2 aliphatic heterocycles. The molecular formula is C17H17N7OS. The quantitative estimate of drug-likeness (QED) is 0.606. The van der Waals surface area contributed by atoms with E-state index in [-0.39, 0.29) is 11.9 Å². The number of carbonyl (C=O) groups excluding carboxylic acids is 1. The van der Waals surface area contributed by atoms with E-state index in [0.29, 0.717) is 16.9 Å². The highest BCUT2D eigenvalue weighted by Gasteiger charge is 2.21. The predicted octanol–water partition coefficient (Wildman–Crippen LogP) is 1.72. The number of nitriles is 1. The van der Waals surface area contributed by atoms with Crippen LogP contribution in [0.5, 0.6) is 0 Å². The molecular weight excluding hydrogens is 350 g/mol. The van der Waals surface area contributed by atoms with E-state index in [4.69, 9.17) is 5.26 Å². The molecule has 1 aromatic heterocycles. The second-order valence-electron chi connectivity index (χ2n) is 6.02. The lowest BCUT2D eigenvalue weighted by Gasteiger charge is -2.17. The lowest BCUT2D eigenvalue weighted by atomic mass is 10.2. The minimum Gasteiger partial charge on any atom is -0.348 e. The normalized spacial score (nSPS) is 18.7. The van der Waals surface area contributed by atoms with Crippen LogP contribution in [-0.2, 0) is 0 Å². The van der Waals surface area contributed by atoms with Crippen molar-refractivity contribution in [1.29, 1.82) is 5.26 Å². The zero-order valence-corrected chi connectivity index (χ0v) is 14.6. The standard InChI is InChI=1S/C17H17N7OS/c18-9-11-1-2-14-15(7-11)26-24(22-14)23-16-8-12(3-6-20-16)17(25)21-13-4-5-19-10-13/h1-3,6-8,13,19,22H,4-5,10H2,(H,20,23)(H,21,25). The van der Waals surface area contributed by atoms with Gasteiger partial charge < -0.3 is 10.6 Å². The van der Waals surface area contributed by atoms with Crippen LogP contribution < -0.4 is 21.5 Å². The first-order chi connectivity index (χ1) is 12.7. The molecule has 3 heterocycles. The monoisotopic (exact) mass is 367 g/mol. The maximum Gasteiger partial charge on any atom is 0.251 e. The first-order valence-electron chi connectivity index (χ1n) is 8.24. The SMILES string of the molecule is N#Cc1ccc2c(c1)SN(Nc1cc(C(=O)NC3CCNC3)ccn1)N2. The van der Waals surface area contributed by atoms with E-state index < -0.39 is 0 Å².